The van der Waals surface area contributed by atoms with E-state index in [-0.39, 0.29) is 12.3 Å². The summed E-state index contributed by atoms with van der Waals surface area (Å²) in [6.07, 6.45) is 1.53. The first-order valence-corrected chi connectivity index (χ1v) is 7.19. The number of rotatable bonds is 6. The number of nitrogens with zero attached hydrogens (tertiary/aromatic N) is 1. The van der Waals surface area contributed by atoms with Crippen LogP contribution in [0, 0.1) is 11.3 Å². The first-order valence-electron chi connectivity index (χ1n) is 5.54. The number of unbranched alkanes of at least 4 members (excludes halogenated alkanes) is 1. The molecule has 1 N–H and O–H groups in total. The van der Waals surface area contributed by atoms with Crippen molar-refractivity contribution < 1.29 is 8.42 Å². The highest BCUT2D eigenvalue weighted by Crippen LogP contribution is 2.04. The molecule has 1 rings (SSSR count). The summed E-state index contributed by atoms with van der Waals surface area (Å²) in [6, 6.07) is 8.87. The minimum atomic E-state index is -3.17. The average molecular weight is 252 g/mol. The quantitative estimate of drug-likeness (QED) is 0.839. The lowest BCUT2D eigenvalue weighted by atomic mass is 10.1. The van der Waals surface area contributed by atoms with Crippen LogP contribution in [-0.4, -0.2) is 14.2 Å². The molecule has 0 heterocycles. The standard InChI is InChI=1S/C12H16N2O2S/c1-2-3-8-17(15,16)14-10-12-6-4-11(9-13)5-7-12/h4-7,14H,2-3,8,10H2,1H3. The van der Waals surface area contributed by atoms with Gasteiger partial charge < -0.3 is 0 Å². The van der Waals surface area contributed by atoms with Gasteiger partial charge in [-0.1, -0.05) is 25.5 Å². The Bertz CT molecular complexity index is 486. The average Bonchev–Trinajstić information content (AvgIpc) is 2.35. The van der Waals surface area contributed by atoms with Gasteiger partial charge in [0.15, 0.2) is 0 Å². The zero-order valence-corrected chi connectivity index (χ0v) is 10.6. The Hall–Kier alpha value is -1.38. The molecule has 0 fully saturated rings. The van der Waals surface area contributed by atoms with E-state index >= 15 is 0 Å². The van der Waals surface area contributed by atoms with Crippen molar-refractivity contribution in [3.63, 3.8) is 0 Å². The Morgan fingerprint density at radius 3 is 2.47 bits per heavy atom. The van der Waals surface area contributed by atoms with Gasteiger partial charge in [0, 0.05) is 6.54 Å². The minimum absolute atomic E-state index is 0.166. The van der Waals surface area contributed by atoms with Gasteiger partial charge in [-0.2, -0.15) is 5.26 Å². The molecule has 0 saturated carbocycles. The van der Waals surface area contributed by atoms with Crippen molar-refractivity contribution >= 4 is 10.0 Å². The molecule has 0 saturated heterocycles. The van der Waals surface area contributed by atoms with Gasteiger partial charge in [-0.3, -0.25) is 0 Å². The van der Waals surface area contributed by atoms with Crippen molar-refractivity contribution in [1.29, 1.82) is 5.26 Å². The molecule has 1 aromatic carbocycles. The van der Waals surface area contributed by atoms with E-state index in [0.717, 1.165) is 12.0 Å². The molecule has 0 bridgehead atoms. The SMILES string of the molecule is CCCCS(=O)(=O)NCc1ccc(C#N)cc1. The second-order valence-corrected chi connectivity index (χ2v) is 5.73. The number of benzene rings is 1. The molecule has 0 spiro atoms. The highest BCUT2D eigenvalue weighted by atomic mass is 32.2. The third-order valence-corrected chi connectivity index (χ3v) is 3.76. The number of hydrogen-bond donors (Lipinski definition) is 1. The maximum Gasteiger partial charge on any atom is 0.211 e. The Kier molecular flexibility index (Phi) is 5.13. The van der Waals surface area contributed by atoms with Gasteiger partial charge in [0.05, 0.1) is 17.4 Å². The van der Waals surface area contributed by atoms with Gasteiger partial charge in [-0.25, -0.2) is 13.1 Å². The molecule has 92 valence electrons. The molecule has 0 aromatic heterocycles. The van der Waals surface area contributed by atoms with Gasteiger partial charge in [0.25, 0.3) is 0 Å². The second kappa shape index (κ2) is 6.38. The van der Waals surface area contributed by atoms with E-state index in [1.54, 1.807) is 24.3 Å². The van der Waals surface area contributed by atoms with E-state index in [1.807, 2.05) is 13.0 Å². The zero-order valence-electron chi connectivity index (χ0n) is 9.81. The summed E-state index contributed by atoms with van der Waals surface area (Å²) in [4.78, 5) is 0. The Balaban J connectivity index is 2.53. The highest BCUT2D eigenvalue weighted by molar-refractivity contribution is 7.89. The van der Waals surface area contributed by atoms with Crippen molar-refractivity contribution in [2.24, 2.45) is 0 Å². The monoisotopic (exact) mass is 252 g/mol. The zero-order chi connectivity index (χ0) is 12.7. The normalized spacial score (nSPS) is 11.1. The van der Waals surface area contributed by atoms with E-state index in [4.69, 9.17) is 5.26 Å². The van der Waals surface area contributed by atoms with Crippen LogP contribution in [-0.2, 0) is 16.6 Å². The van der Waals surface area contributed by atoms with Crippen LogP contribution in [0.3, 0.4) is 0 Å². The molecule has 0 aliphatic carbocycles. The maximum absolute atomic E-state index is 11.5. The molecule has 0 unspecified atom stereocenters. The summed E-state index contributed by atoms with van der Waals surface area (Å²) in [5.41, 5.74) is 1.42. The van der Waals surface area contributed by atoms with Crippen molar-refractivity contribution in [2.45, 2.75) is 26.3 Å². The van der Waals surface area contributed by atoms with Crippen molar-refractivity contribution in [1.82, 2.24) is 4.72 Å². The first-order chi connectivity index (χ1) is 8.07. The van der Waals surface area contributed by atoms with Crippen LogP contribution in [0.2, 0.25) is 0 Å². The summed E-state index contributed by atoms with van der Waals surface area (Å²) in [5.74, 6) is 0.166. The van der Waals surface area contributed by atoms with Gasteiger partial charge >= 0.3 is 0 Å². The number of hydrogen-bond acceptors (Lipinski definition) is 3. The molecule has 0 aliphatic rings. The predicted octanol–water partition coefficient (Wildman–Crippen LogP) is 1.78. The van der Waals surface area contributed by atoms with Crippen LogP contribution in [0.4, 0.5) is 0 Å². The van der Waals surface area contributed by atoms with Gasteiger partial charge in [-0.15, -0.1) is 0 Å². The number of sulfonamides is 1. The maximum atomic E-state index is 11.5. The van der Waals surface area contributed by atoms with Gasteiger partial charge in [0.2, 0.25) is 10.0 Å². The minimum Gasteiger partial charge on any atom is -0.212 e. The summed E-state index contributed by atoms with van der Waals surface area (Å²) < 4.78 is 25.6. The fourth-order valence-electron chi connectivity index (χ4n) is 1.30. The van der Waals surface area contributed by atoms with E-state index in [1.165, 1.54) is 0 Å². The summed E-state index contributed by atoms with van der Waals surface area (Å²) >= 11 is 0. The first kappa shape index (κ1) is 13.7. The van der Waals surface area contributed by atoms with E-state index in [0.29, 0.717) is 12.0 Å². The number of nitriles is 1. The molecule has 0 aliphatic heterocycles. The smallest absolute Gasteiger partial charge is 0.211 e. The highest BCUT2D eigenvalue weighted by Gasteiger charge is 2.08. The van der Waals surface area contributed by atoms with Gasteiger partial charge in [0.1, 0.15) is 0 Å². The lowest BCUT2D eigenvalue weighted by molar-refractivity contribution is 0.578. The largest absolute Gasteiger partial charge is 0.212 e. The van der Waals surface area contributed by atoms with Crippen LogP contribution in [0.15, 0.2) is 24.3 Å². The second-order valence-electron chi connectivity index (χ2n) is 3.80. The Labute approximate surface area is 102 Å². The summed E-state index contributed by atoms with van der Waals surface area (Å²) in [5, 5.41) is 8.62. The molecule has 4 nitrogen and oxygen atoms in total. The van der Waals surface area contributed by atoms with E-state index < -0.39 is 10.0 Å². The third-order valence-electron chi connectivity index (χ3n) is 2.35. The summed E-state index contributed by atoms with van der Waals surface area (Å²) in [7, 11) is -3.17. The molecule has 1 aromatic rings. The van der Waals surface area contributed by atoms with E-state index in [2.05, 4.69) is 4.72 Å². The Morgan fingerprint density at radius 1 is 1.29 bits per heavy atom. The third kappa shape index (κ3) is 4.98. The van der Waals surface area contributed by atoms with Gasteiger partial charge in [-0.05, 0) is 24.1 Å². The molecule has 0 radical (unpaired) electrons. The Morgan fingerprint density at radius 2 is 1.94 bits per heavy atom. The molecule has 5 heteroatoms. The fraction of sp³-hybridized carbons (Fsp3) is 0.417. The van der Waals surface area contributed by atoms with Crippen LogP contribution in [0.1, 0.15) is 30.9 Å². The molecular formula is C12H16N2O2S. The molecule has 17 heavy (non-hydrogen) atoms. The predicted molar refractivity (Wildman–Crippen MR) is 66.7 cm³/mol. The molecule has 0 atom stereocenters. The van der Waals surface area contributed by atoms with Crippen LogP contribution >= 0.6 is 0 Å². The van der Waals surface area contributed by atoms with Crippen LogP contribution < -0.4 is 4.72 Å². The van der Waals surface area contributed by atoms with Crippen molar-refractivity contribution in [2.75, 3.05) is 5.75 Å². The van der Waals surface area contributed by atoms with Crippen LogP contribution in [0.25, 0.3) is 0 Å². The lowest BCUT2D eigenvalue weighted by Gasteiger charge is -2.06. The lowest BCUT2D eigenvalue weighted by Crippen LogP contribution is -2.25. The topological polar surface area (TPSA) is 70.0 Å². The van der Waals surface area contributed by atoms with Crippen molar-refractivity contribution in [3.8, 4) is 6.07 Å². The number of nitrogens with one attached hydrogen (secondary N) is 1. The van der Waals surface area contributed by atoms with Crippen molar-refractivity contribution in [3.05, 3.63) is 35.4 Å². The molecule has 0 amide bonds. The van der Waals surface area contributed by atoms with Crippen LogP contribution in [0.5, 0.6) is 0 Å². The summed E-state index contributed by atoms with van der Waals surface area (Å²) in [6.45, 7) is 2.23. The fourth-order valence-corrected chi connectivity index (χ4v) is 2.50. The van der Waals surface area contributed by atoms with E-state index in [9.17, 15) is 8.42 Å². The molecular weight excluding hydrogens is 236 g/mol.